The van der Waals surface area contributed by atoms with E-state index in [4.69, 9.17) is 16.3 Å². The van der Waals surface area contributed by atoms with Crippen LogP contribution in [0.1, 0.15) is 10.4 Å². The van der Waals surface area contributed by atoms with Crippen molar-refractivity contribution in [2.24, 2.45) is 0 Å². The van der Waals surface area contributed by atoms with Crippen molar-refractivity contribution in [1.82, 2.24) is 10.2 Å². The minimum Gasteiger partial charge on any atom is -0.497 e. The lowest BCUT2D eigenvalue weighted by Crippen LogP contribution is -2.11. The average Bonchev–Trinajstić information content (AvgIpc) is 3.09. The van der Waals surface area contributed by atoms with Crippen LogP contribution in [-0.4, -0.2) is 28.1 Å². The van der Waals surface area contributed by atoms with E-state index in [0.29, 0.717) is 10.1 Å². The molecule has 0 aliphatic heterocycles. The Morgan fingerprint density at radius 2 is 1.96 bits per heavy atom. The number of carbonyl (C=O) groups excluding carboxylic acids is 1. The van der Waals surface area contributed by atoms with Gasteiger partial charge in [-0.2, -0.15) is 0 Å². The lowest BCUT2D eigenvalue weighted by atomic mass is 10.2. The zero-order valence-electron chi connectivity index (χ0n) is 13.3. The molecule has 2 aromatic carbocycles. The lowest BCUT2D eigenvalue weighted by molar-refractivity contribution is -0.384. The van der Waals surface area contributed by atoms with Gasteiger partial charge in [0.05, 0.1) is 12.0 Å². The van der Waals surface area contributed by atoms with Crippen molar-refractivity contribution < 1.29 is 14.5 Å². The Kier molecular flexibility index (Phi) is 5.10. The average molecular weight is 391 g/mol. The Morgan fingerprint density at radius 3 is 2.58 bits per heavy atom. The van der Waals surface area contributed by atoms with Crippen LogP contribution in [0.5, 0.6) is 5.75 Å². The summed E-state index contributed by atoms with van der Waals surface area (Å²) < 4.78 is 5.10. The summed E-state index contributed by atoms with van der Waals surface area (Å²) in [7, 11) is 1.58. The molecule has 1 N–H and O–H groups in total. The molecule has 0 spiro atoms. The number of nitrogens with zero attached hydrogens (tertiary/aromatic N) is 3. The number of nitro benzene ring substituents is 1. The molecule has 0 unspecified atom stereocenters. The Balaban J connectivity index is 1.75. The number of rotatable bonds is 5. The van der Waals surface area contributed by atoms with Gasteiger partial charge in [-0.3, -0.25) is 20.2 Å². The first kappa shape index (κ1) is 17.8. The summed E-state index contributed by atoms with van der Waals surface area (Å²) in [6, 6.07) is 11.0. The van der Waals surface area contributed by atoms with E-state index >= 15 is 0 Å². The number of halogens is 1. The van der Waals surface area contributed by atoms with Gasteiger partial charge in [0.2, 0.25) is 5.13 Å². The van der Waals surface area contributed by atoms with Crippen molar-refractivity contribution in [2.45, 2.75) is 0 Å². The van der Waals surface area contributed by atoms with Crippen LogP contribution >= 0.6 is 22.9 Å². The van der Waals surface area contributed by atoms with Gasteiger partial charge in [-0.15, -0.1) is 10.2 Å². The van der Waals surface area contributed by atoms with Gasteiger partial charge in [-0.25, -0.2) is 0 Å². The fourth-order valence-electron chi connectivity index (χ4n) is 2.09. The molecule has 132 valence electrons. The number of anilines is 1. The van der Waals surface area contributed by atoms with Gasteiger partial charge in [0, 0.05) is 17.2 Å². The molecule has 0 fully saturated rings. The quantitative estimate of drug-likeness (QED) is 0.520. The number of hydrogen-bond acceptors (Lipinski definition) is 7. The van der Waals surface area contributed by atoms with Crippen LogP contribution < -0.4 is 10.1 Å². The normalized spacial score (nSPS) is 10.4. The van der Waals surface area contributed by atoms with Gasteiger partial charge in [0.15, 0.2) is 0 Å². The number of methoxy groups -OCH3 is 1. The molecule has 8 nitrogen and oxygen atoms in total. The third-order valence-electron chi connectivity index (χ3n) is 3.39. The summed E-state index contributed by atoms with van der Waals surface area (Å²) in [5, 5.41) is 22.2. The fourth-order valence-corrected chi connectivity index (χ4v) is 3.08. The Hall–Kier alpha value is -3.04. The van der Waals surface area contributed by atoms with Crippen molar-refractivity contribution in [2.75, 3.05) is 12.4 Å². The predicted molar refractivity (Wildman–Crippen MR) is 98.0 cm³/mol. The van der Waals surface area contributed by atoms with E-state index in [1.165, 1.54) is 29.5 Å². The Morgan fingerprint density at radius 1 is 1.23 bits per heavy atom. The summed E-state index contributed by atoms with van der Waals surface area (Å²) in [5.41, 5.74) is 0.755. The summed E-state index contributed by atoms with van der Waals surface area (Å²) in [4.78, 5) is 22.4. The van der Waals surface area contributed by atoms with Crippen molar-refractivity contribution in [1.29, 1.82) is 0 Å². The lowest BCUT2D eigenvalue weighted by Gasteiger charge is -2.02. The van der Waals surface area contributed by atoms with Gasteiger partial charge in [0.25, 0.3) is 11.6 Å². The first-order valence-corrected chi connectivity index (χ1v) is 8.40. The molecule has 0 atom stereocenters. The van der Waals surface area contributed by atoms with E-state index in [0.717, 1.165) is 11.3 Å². The van der Waals surface area contributed by atoms with Gasteiger partial charge in [-0.05, 0) is 36.4 Å². The maximum absolute atomic E-state index is 12.3. The summed E-state index contributed by atoms with van der Waals surface area (Å²) >= 11 is 7.02. The van der Waals surface area contributed by atoms with Gasteiger partial charge < -0.3 is 4.74 Å². The number of nitrogens with one attached hydrogen (secondary N) is 1. The topological polar surface area (TPSA) is 107 Å². The second-order valence-corrected chi connectivity index (χ2v) is 6.40. The summed E-state index contributed by atoms with van der Waals surface area (Å²) in [5.74, 6) is 0.237. The van der Waals surface area contributed by atoms with E-state index in [1.54, 1.807) is 19.2 Å². The van der Waals surface area contributed by atoms with Gasteiger partial charge in [0.1, 0.15) is 15.8 Å². The van der Waals surface area contributed by atoms with E-state index in [9.17, 15) is 14.9 Å². The smallest absolute Gasteiger partial charge is 0.287 e. The standard InChI is InChI=1S/C16H11ClN4O4S/c1-25-11-5-2-9(3-6-11)15-19-20-16(26-15)18-14(22)10-4-7-13(21(23)24)12(17)8-10/h2-8H,1H3,(H,18,20,22). The molecule has 0 saturated heterocycles. The number of nitro groups is 1. The van der Waals surface area contributed by atoms with E-state index in [1.807, 2.05) is 12.1 Å². The molecule has 1 heterocycles. The van der Waals surface area contributed by atoms with Crippen molar-refractivity contribution in [3.05, 3.63) is 63.2 Å². The molecule has 0 aliphatic carbocycles. The molecule has 0 radical (unpaired) electrons. The largest absolute Gasteiger partial charge is 0.497 e. The molecule has 0 bridgehead atoms. The Labute approximate surface area is 156 Å². The van der Waals surface area contributed by atoms with Crippen LogP contribution in [0.25, 0.3) is 10.6 Å². The third-order valence-corrected chi connectivity index (χ3v) is 4.58. The predicted octanol–water partition coefficient (Wildman–Crippen LogP) is 4.03. The molecule has 1 amide bonds. The number of amides is 1. The van der Waals surface area contributed by atoms with Crippen molar-refractivity contribution in [3.63, 3.8) is 0 Å². The number of benzene rings is 2. The van der Waals surface area contributed by atoms with Crippen LogP contribution in [-0.2, 0) is 0 Å². The minimum atomic E-state index is -0.615. The van der Waals surface area contributed by atoms with Crippen LogP contribution in [0.4, 0.5) is 10.8 Å². The zero-order chi connectivity index (χ0) is 18.7. The zero-order valence-corrected chi connectivity index (χ0v) is 14.9. The van der Waals surface area contributed by atoms with Crippen molar-refractivity contribution >= 4 is 39.7 Å². The second kappa shape index (κ2) is 7.46. The molecule has 10 heteroatoms. The third kappa shape index (κ3) is 3.79. The highest BCUT2D eigenvalue weighted by molar-refractivity contribution is 7.18. The van der Waals surface area contributed by atoms with Crippen LogP contribution in [0.3, 0.4) is 0 Å². The highest BCUT2D eigenvalue weighted by Gasteiger charge is 2.16. The SMILES string of the molecule is COc1ccc(-c2nnc(NC(=O)c3ccc([N+](=O)[O-])c(Cl)c3)s2)cc1. The molecule has 0 saturated carbocycles. The van der Waals surface area contributed by atoms with Gasteiger partial charge in [-0.1, -0.05) is 22.9 Å². The van der Waals surface area contributed by atoms with E-state index < -0.39 is 10.8 Å². The van der Waals surface area contributed by atoms with Crippen LogP contribution in [0.15, 0.2) is 42.5 Å². The molecule has 0 aliphatic rings. The molecular formula is C16H11ClN4O4S. The second-order valence-electron chi connectivity index (χ2n) is 5.02. The maximum atomic E-state index is 12.3. The maximum Gasteiger partial charge on any atom is 0.287 e. The first-order chi connectivity index (χ1) is 12.5. The van der Waals surface area contributed by atoms with E-state index in [-0.39, 0.29) is 16.3 Å². The van der Waals surface area contributed by atoms with Crippen molar-refractivity contribution in [3.8, 4) is 16.3 Å². The van der Waals surface area contributed by atoms with E-state index in [2.05, 4.69) is 15.5 Å². The minimum absolute atomic E-state index is 0.112. The molecule has 26 heavy (non-hydrogen) atoms. The highest BCUT2D eigenvalue weighted by atomic mass is 35.5. The van der Waals surface area contributed by atoms with Gasteiger partial charge >= 0.3 is 0 Å². The highest BCUT2D eigenvalue weighted by Crippen LogP contribution is 2.29. The number of ether oxygens (including phenoxy) is 1. The monoisotopic (exact) mass is 390 g/mol. The first-order valence-electron chi connectivity index (χ1n) is 7.21. The fraction of sp³-hybridized carbons (Fsp3) is 0.0625. The number of hydrogen-bond donors (Lipinski definition) is 1. The number of aromatic nitrogens is 2. The summed E-state index contributed by atoms with van der Waals surface area (Å²) in [6.07, 6.45) is 0. The molecular weight excluding hydrogens is 380 g/mol. The summed E-state index contributed by atoms with van der Waals surface area (Å²) in [6.45, 7) is 0. The Bertz CT molecular complexity index is 975. The van der Waals surface area contributed by atoms with Crippen LogP contribution in [0.2, 0.25) is 5.02 Å². The molecule has 3 aromatic rings. The molecule has 1 aromatic heterocycles. The van der Waals surface area contributed by atoms with Crippen LogP contribution in [0, 0.1) is 10.1 Å². The number of carbonyl (C=O) groups is 1. The molecule has 3 rings (SSSR count).